The number of pyridine rings is 2. The number of rotatable bonds is 4. The highest BCUT2D eigenvalue weighted by molar-refractivity contribution is 7.92. The van der Waals surface area contributed by atoms with Crippen molar-refractivity contribution in [2.75, 3.05) is 16.8 Å². The van der Waals surface area contributed by atoms with E-state index in [-0.39, 0.29) is 15.7 Å². The molecule has 0 radical (unpaired) electrons. The van der Waals surface area contributed by atoms with Gasteiger partial charge in [0, 0.05) is 19.4 Å². The van der Waals surface area contributed by atoms with E-state index in [9.17, 15) is 8.42 Å². The highest BCUT2D eigenvalue weighted by Crippen LogP contribution is 2.25. The first-order valence-electron chi connectivity index (χ1n) is 5.49. The second-order valence-corrected chi connectivity index (χ2v) is 6.18. The number of hydrogen-bond acceptors (Lipinski definition) is 6. The van der Waals surface area contributed by atoms with E-state index in [2.05, 4.69) is 15.4 Å². The monoisotopic (exact) mass is 313 g/mol. The van der Waals surface area contributed by atoms with Crippen molar-refractivity contribution in [3.05, 3.63) is 41.7 Å². The van der Waals surface area contributed by atoms with E-state index in [4.69, 9.17) is 17.4 Å². The molecule has 0 unspecified atom stereocenters. The molecule has 20 heavy (non-hydrogen) atoms. The third-order valence-corrected chi connectivity index (χ3v) is 4.60. The molecule has 106 valence electrons. The molecule has 0 aliphatic rings. The van der Waals surface area contributed by atoms with Crippen LogP contribution in [0.5, 0.6) is 0 Å². The zero-order chi connectivity index (χ0) is 14.8. The van der Waals surface area contributed by atoms with Gasteiger partial charge in [-0.2, -0.15) is 0 Å². The Hall–Kier alpha value is -1.90. The molecule has 3 N–H and O–H groups in total. The molecule has 0 aliphatic carbocycles. The van der Waals surface area contributed by atoms with Crippen molar-refractivity contribution in [1.82, 2.24) is 9.97 Å². The fraction of sp³-hybridized carbons (Fsp3) is 0.0909. The standard InChI is InChI=1S/C11H12ClN5O2S/c1-17(10-4-2-3-5-14-10)20(18,19)8-6-9(12)11(16-13)15-7-8/h2-7H,13H2,1H3,(H,15,16). The number of nitrogen functional groups attached to an aromatic ring is 1. The average Bonchev–Trinajstić information content (AvgIpc) is 2.47. The van der Waals surface area contributed by atoms with Crippen molar-refractivity contribution in [3.8, 4) is 0 Å². The van der Waals surface area contributed by atoms with E-state index < -0.39 is 10.0 Å². The Morgan fingerprint density at radius 2 is 2.10 bits per heavy atom. The predicted molar refractivity (Wildman–Crippen MR) is 76.9 cm³/mol. The molecule has 0 atom stereocenters. The summed E-state index contributed by atoms with van der Waals surface area (Å²) in [6, 6.07) is 6.26. The number of anilines is 2. The van der Waals surface area contributed by atoms with Gasteiger partial charge in [0.25, 0.3) is 10.0 Å². The molecule has 0 amide bonds. The molecule has 2 heterocycles. The molecule has 2 rings (SSSR count). The number of nitrogens with two attached hydrogens (primary N) is 1. The Kier molecular flexibility index (Phi) is 4.07. The summed E-state index contributed by atoms with van der Waals surface area (Å²) in [6.07, 6.45) is 2.68. The second kappa shape index (κ2) is 5.61. The molecular formula is C11H12ClN5O2S. The summed E-state index contributed by atoms with van der Waals surface area (Å²) in [5.41, 5.74) is 2.27. The lowest BCUT2D eigenvalue weighted by molar-refractivity contribution is 0.593. The van der Waals surface area contributed by atoms with Gasteiger partial charge in [0.15, 0.2) is 5.82 Å². The normalized spacial score (nSPS) is 11.2. The first-order chi connectivity index (χ1) is 9.46. The summed E-state index contributed by atoms with van der Waals surface area (Å²) in [7, 11) is -2.38. The summed E-state index contributed by atoms with van der Waals surface area (Å²) in [5, 5.41) is 0.114. The Bertz CT molecular complexity index is 708. The Balaban J connectivity index is 2.43. The highest BCUT2D eigenvalue weighted by Gasteiger charge is 2.23. The Labute approximate surface area is 121 Å². The number of sulfonamides is 1. The highest BCUT2D eigenvalue weighted by atomic mass is 35.5. The van der Waals surface area contributed by atoms with Crippen molar-refractivity contribution < 1.29 is 8.42 Å². The van der Waals surface area contributed by atoms with E-state index in [1.165, 1.54) is 25.5 Å². The minimum atomic E-state index is -3.78. The molecule has 9 heteroatoms. The molecule has 0 spiro atoms. The van der Waals surface area contributed by atoms with Gasteiger partial charge in [0.05, 0.1) is 5.02 Å². The summed E-state index contributed by atoms with van der Waals surface area (Å²) >= 11 is 5.88. The van der Waals surface area contributed by atoms with E-state index in [1.807, 2.05) is 0 Å². The van der Waals surface area contributed by atoms with E-state index in [0.717, 1.165) is 4.31 Å². The van der Waals surface area contributed by atoms with Crippen molar-refractivity contribution >= 4 is 33.3 Å². The molecular weight excluding hydrogens is 302 g/mol. The van der Waals surface area contributed by atoms with Gasteiger partial charge in [-0.05, 0) is 18.2 Å². The van der Waals surface area contributed by atoms with Gasteiger partial charge >= 0.3 is 0 Å². The number of nitrogens with one attached hydrogen (secondary N) is 1. The van der Waals surface area contributed by atoms with Gasteiger partial charge in [-0.25, -0.2) is 24.2 Å². The van der Waals surface area contributed by atoms with Crippen LogP contribution < -0.4 is 15.6 Å². The zero-order valence-corrected chi connectivity index (χ0v) is 12.1. The maximum atomic E-state index is 12.4. The van der Waals surface area contributed by atoms with Gasteiger partial charge < -0.3 is 5.43 Å². The largest absolute Gasteiger partial charge is 0.307 e. The van der Waals surface area contributed by atoms with Gasteiger partial charge in [0.1, 0.15) is 10.7 Å². The first kappa shape index (κ1) is 14.5. The Morgan fingerprint density at radius 3 is 2.65 bits per heavy atom. The van der Waals surface area contributed by atoms with E-state index in [1.54, 1.807) is 18.2 Å². The third kappa shape index (κ3) is 2.67. The fourth-order valence-electron chi connectivity index (χ4n) is 1.49. The number of hydrogen-bond donors (Lipinski definition) is 2. The van der Waals surface area contributed by atoms with Crippen molar-refractivity contribution in [2.45, 2.75) is 4.90 Å². The number of nitrogens with zero attached hydrogens (tertiary/aromatic N) is 3. The smallest absolute Gasteiger partial charge is 0.266 e. The van der Waals surface area contributed by atoms with Crippen LogP contribution in [0.25, 0.3) is 0 Å². The predicted octanol–water partition coefficient (Wildman–Crippen LogP) is 1.24. The van der Waals surface area contributed by atoms with Crippen molar-refractivity contribution in [2.24, 2.45) is 5.84 Å². The minimum Gasteiger partial charge on any atom is -0.307 e. The average molecular weight is 314 g/mol. The quantitative estimate of drug-likeness (QED) is 0.650. The molecule has 0 aromatic carbocycles. The minimum absolute atomic E-state index is 0.0466. The number of hydrazine groups is 1. The molecule has 0 bridgehead atoms. The van der Waals surface area contributed by atoms with Crippen LogP contribution in [-0.4, -0.2) is 25.4 Å². The van der Waals surface area contributed by atoms with Crippen LogP contribution in [0.15, 0.2) is 41.6 Å². The van der Waals surface area contributed by atoms with Crippen LogP contribution >= 0.6 is 11.6 Å². The second-order valence-electron chi connectivity index (χ2n) is 3.81. The van der Waals surface area contributed by atoms with Crippen LogP contribution in [0.2, 0.25) is 5.02 Å². The molecule has 2 aromatic rings. The van der Waals surface area contributed by atoms with Gasteiger partial charge in [0.2, 0.25) is 0 Å². The van der Waals surface area contributed by atoms with Crippen molar-refractivity contribution in [3.63, 3.8) is 0 Å². The van der Waals surface area contributed by atoms with Crippen molar-refractivity contribution in [1.29, 1.82) is 0 Å². The molecule has 0 saturated carbocycles. The van der Waals surface area contributed by atoms with Crippen LogP contribution in [0.3, 0.4) is 0 Å². The first-order valence-corrected chi connectivity index (χ1v) is 7.30. The molecule has 7 nitrogen and oxygen atoms in total. The SMILES string of the molecule is CN(c1ccccn1)S(=O)(=O)c1cnc(NN)c(Cl)c1. The maximum Gasteiger partial charge on any atom is 0.266 e. The third-order valence-electron chi connectivity index (χ3n) is 2.58. The lowest BCUT2D eigenvalue weighted by Gasteiger charge is -2.18. The van der Waals surface area contributed by atoms with Crippen LogP contribution in [0, 0.1) is 0 Å². The lowest BCUT2D eigenvalue weighted by atomic mass is 10.5. The van der Waals surface area contributed by atoms with Crippen LogP contribution in [0.1, 0.15) is 0 Å². The molecule has 0 saturated heterocycles. The maximum absolute atomic E-state index is 12.4. The van der Waals surface area contributed by atoms with Gasteiger partial charge in [-0.1, -0.05) is 17.7 Å². The Morgan fingerprint density at radius 1 is 1.35 bits per heavy atom. The van der Waals surface area contributed by atoms with Crippen LogP contribution in [0.4, 0.5) is 11.6 Å². The summed E-state index contributed by atoms with van der Waals surface area (Å²) < 4.78 is 25.9. The fourth-order valence-corrected chi connectivity index (χ4v) is 2.90. The summed E-state index contributed by atoms with van der Waals surface area (Å²) in [4.78, 5) is 7.79. The van der Waals surface area contributed by atoms with E-state index >= 15 is 0 Å². The van der Waals surface area contributed by atoms with Gasteiger partial charge in [-0.15, -0.1) is 0 Å². The van der Waals surface area contributed by atoms with E-state index in [0.29, 0.717) is 5.82 Å². The summed E-state index contributed by atoms with van der Waals surface area (Å²) in [5.74, 6) is 5.69. The topological polar surface area (TPSA) is 101 Å². The lowest BCUT2D eigenvalue weighted by Crippen LogP contribution is -2.27. The van der Waals surface area contributed by atoms with Gasteiger partial charge in [-0.3, -0.25) is 4.31 Å². The number of aromatic nitrogens is 2. The van der Waals surface area contributed by atoms with Crippen LogP contribution in [-0.2, 0) is 10.0 Å². The summed E-state index contributed by atoms with van der Waals surface area (Å²) in [6.45, 7) is 0. The zero-order valence-electron chi connectivity index (χ0n) is 10.5. The molecule has 0 aliphatic heterocycles. The molecule has 0 fully saturated rings. The number of halogens is 1. The molecule has 2 aromatic heterocycles.